The zero-order valence-corrected chi connectivity index (χ0v) is 14.7. The first-order valence-corrected chi connectivity index (χ1v) is 8.69. The largest absolute Gasteiger partial charge is 0.478 e. The van der Waals surface area contributed by atoms with Gasteiger partial charge in [-0.25, -0.2) is 4.79 Å². The zero-order chi connectivity index (χ0) is 18.2. The summed E-state index contributed by atoms with van der Waals surface area (Å²) >= 11 is 1.56. The number of carbonyl (C=O) groups excluding carboxylic acids is 2. The van der Waals surface area contributed by atoms with E-state index in [1.807, 2.05) is 17.5 Å². The number of nitrogens with one attached hydrogen (secondary N) is 1. The van der Waals surface area contributed by atoms with Crippen LogP contribution in [0.2, 0.25) is 0 Å². The third-order valence-corrected chi connectivity index (χ3v) is 4.58. The van der Waals surface area contributed by atoms with Crippen molar-refractivity contribution in [3.63, 3.8) is 0 Å². The molecule has 0 unspecified atom stereocenters. The Balaban J connectivity index is 1.80. The van der Waals surface area contributed by atoms with Crippen molar-refractivity contribution in [2.75, 3.05) is 13.6 Å². The second-order valence-corrected chi connectivity index (χ2v) is 6.60. The van der Waals surface area contributed by atoms with Gasteiger partial charge < -0.3 is 15.3 Å². The maximum Gasteiger partial charge on any atom is 0.335 e. The molecule has 0 radical (unpaired) electrons. The number of hydrogen-bond acceptors (Lipinski definition) is 4. The fraction of sp³-hybridized carbons (Fsp3) is 0.278. The average molecular weight is 360 g/mol. The Bertz CT molecular complexity index is 743. The van der Waals surface area contributed by atoms with Gasteiger partial charge in [-0.15, -0.1) is 11.3 Å². The zero-order valence-electron chi connectivity index (χ0n) is 13.9. The summed E-state index contributed by atoms with van der Waals surface area (Å²) in [6.07, 6.45) is 0.474. The van der Waals surface area contributed by atoms with Crippen molar-refractivity contribution in [1.82, 2.24) is 10.2 Å². The lowest BCUT2D eigenvalue weighted by atomic mass is 10.0. The van der Waals surface area contributed by atoms with E-state index < -0.39 is 5.97 Å². The van der Waals surface area contributed by atoms with Crippen molar-refractivity contribution in [3.8, 4) is 0 Å². The standard InChI is InChI=1S/C18H20N2O4S/c1-20(12-16(21)19-11-14-6-4-10-25-14)17(22)9-8-13-5-2-3-7-15(13)18(23)24/h2-7,10H,8-9,11-12H2,1H3,(H,19,21)(H,23,24). The number of thiophene rings is 1. The van der Waals surface area contributed by atoms with E-state index in [0.29, 0.717) is 18.5 Å². The van der Waals surface area contributed by atoms with Gasteiger partial charge in [0.1, 0.15) is 0 Å². The molecular formula is C18H20N2O4S. The van der Waals surface area contributed by atoms with E-state index in [1.165, 1.54) is 11.0 Å². The van der Waals surface area contributed by atoms with Gasteiger partial charge in [0.05, 0.1) is 18.7 Å². The van der Waals surface area contributed by atoms with Gasteiger partial charge in [0.2, 0.25) is 11.8 Å². The Morgan fingerprint density at radius 1 is 1.16 bits per heavy atom. The minimum Gasteiger partial charge on any atom is -0.478 e. The number of amides is 2. The monoisotopic (exact) mass is 360 g/mol. The number of likely N-dealkylation sites (N-methyl/N-ethyl adjacent to an activating group) is 1. The fourth-order valence-electron chi connectivity index (χ4n) is 2.34. The molecule has 0 saturated carbocycles. The summed E-state index contributed by atoms with van der Waals surface area (Å²) in [5, 5.41) is 13.9. The van der Waals surface area contributed by atoms with Gasteiger partial charge in [-0.05, 0) is 29.5 Å². The Morgan fingerprint density at radius 2 is 1.92 bits per heavy atom. The van der Waals surface area contributed by atoms with Crippen molar-refractivity contribution in [3.05, 3.63) is 57.8 Å². The number of carbonyl (C=O) groups is 3. The topological polar surface area (TPSA) is 86.7 Å². The summed E-state index contributed by atoms with van der Waals surface area (Å²) in [6.45, 7) is 0.426. The van der Waals surface area contributed by atoms with E-state index in [1.54, 1.807) is 36.6 Å². The summed E-state index contributed by atoms with van der Waals surface area (Å²) in [6, 6.07) is 10.5. The number of carboxylic acids is 1. The van der Waals surface area contributed by atoms with Crippen LogP contribution in [0.5, 0.6) is 0 Å². The van der Waals surface area contributed by atoms with Crippen LogP contribution < -0.4 is 5.32 Å². The summed E-state index contributed by atoms with van der Waals surface area (Å²) in [5.74, 6) is -1.44. The smallest absolute Gasteiger partial charge is 0.335 e. The van der Waals surface area contributed by atoms with Gasteiger partial charge in [-0.1, -0.05) is 24.3 Å². The molecule has 6 nitrogen and oxygen atoms in total. The molecular weight excluding hydrogens is 340 g/mol. The molecule has 1 heterocycles. The first kappa shape index (κ1) is 18.7. The van der Waals surface area contributed by atoms with Gasteiger partial charge >= 0.3 is 5.97 Å². The van der Waals surface area contributed by atoms with Gasteiger partial charge in [-0.2, -0.15) is 0 Å². The Hall–Kier alpha value is -2.67. The van der Waals surface area contributed by atoms with Gasteiger partial charge in [-0.3, -0.25) is 9.59 Å². The number of nitrogens with zero attached hydrogens (tertiary/aromatic N) is 1. The quantitative estimate of drug-likeness (QED) is 0.755. The number of benzene rings is 1. The molecule has 2 amide bonds. The first-order valence-electron chi connectivity index (χ1n) is 7.81. The van der Waals surface area contributed by atoms with E-state index >= 15 is 0 Å². The van der Waals surface area contributed by atoms with Crippen molar-refractivity contribution in [2.45, 2.75) is 19.4 Å². The lowest BCUT2D eigenvalue weighted by Gasteiger charge is -2.17. The van der Waals surface area contributed by atoms with Gasteiger partial charge in [0.25, 0.3) is 0 Å². The molecule has 0 saturated heterocycles. The highest BCUT2D eigenvalue weighted by Gasteiger charge is 2.15. The molecule has 0 aliphatic rings. The third kappa shape index (κ3) is 5.72. The molecule has 0 atom stereocenters. The van der Waals surface area contributed by atoms with E-state index in [2.05, 4.69) is 5.32 Å². The van der Waals surface area contributed by atoms with Gasteiger partial charge in [0.15, 0.2) is 0 Å². The molecule has 1 aromatic carbocycles. The normalized spacial score (nSPS) is 10.3. The molecule has 7 heteroatoms. The Kier molecular flexibility index (Phi) is 6.71. The second kappa shape index (κ2) is 8.98. The number of hydrogen-bond donors (Lipinski definition) is 2. The molecule has 0 aliphatic carbocycles. The fourth-order valence-corrected chi connectivity index (χ4v) is 2.98. The molecule has 0 aliphatic heterocycles. The highest BCUT2D eigenvalue weighted by Crippen LogP contribution is 2.12. The number of aromatic carboxylic acids is 1. The molecule has 0 fully saturated rings. The van der Waals surface area contributed by atoms with Crippen LogP contribution in [-0.4, -0.2) is 41.4 Å². The van der Waals surface area contributed by atoms with Crippen LogP contribution in [-0.2, 0) is 22.6 Å². The average Bonchev–Trinajstić information content (AvgIpc) is 3.11. The highest BCUT2D eigenvalue weighted by molar-refractivity contribution is 7.09. The Morgan fingerprint density at radius 3 is 2.60 bits per heavy atom. The van der Waals surface area contributed by atoms with Crippen LogP contribution in [0.3, 0.4) is 0 Å². The molecule has 1 aromatic heterocycles. The molecule has 25 heavy (non-hydrogen) atoms. The molecule has 132 valence electrons. The summed E-state index contributed by atoms with van der Waals surface area (Å²) in [5.41, 5.74) is 0.811. The molecule has 0 spiro atoms. The van der Waals surface area contributed by atoms with Crippen LogP contribution >= 0.6 is 11.3 Å². The summed E-state index contributed by atoms with van der Waals surface area (Å²) in [4.78, 5) is 37.6. The van der Waals surface area contributed by atoms with Gasteiger partial charge in [0, 0.05) is 18.3 Å². The maximum absolute atomic E-state index is 12.2. The molecule has 2 aromatic rings. The molecule has 2 rings (SSSR count). The third-order valence-electron chi connectivity index (χ3n) is 3.70. The highest BCUT2D eigenvalue weighted by atomic mass is 32.1. The number of carboxylic acid groups (broad SMARTS) is 1. The van der Waals surface area contributed by atoms with Crippen molar-refractivity contribution < 1.29 is 19.5 Å². The minimum atomic E-state index is -1.01. The van der Waals surface area contributed by atoms with Crippen molar-refractivity contribution in [2.24, 2.45) is 0 Å². The van der Waals surface area contributed by atoms with Crippen molar-refractivity contribution >= 4 is 29.1 Å². The van der Waals surface area contributed by atoms with Crippen LogP contribution in [0, 0.1) is 0 Å². The Labute approximate surface area is 150 Å². The number of rotatable bonds is 8. The lowest BCUT2D eigenvalue weighted by Crippen LogP contribution is -2.38. The lowest BCUT2D eigenvalue weighted by molar-refractivity contribution is -0.134. The van der Waals surface area contributed by atoms with Crippen molar-refractivity contribution in [1.29, 1.82) is 0 Å². The first-order chi connectivity index (χ1) is 12.0. The van der Waals surface area contributed by atoms with Crippen LogP contribution in [0.25, 0.3) is 0 Å². The SMILES string of the molecule is CN(CC(=O)NCc1cccs1)C(=O)CCc1ccccc1C(=O)O. The minimum absolute atomic E-state index is 0.0230. The summed E-state index contributed by atoms with van der Waals surface area (Å²) < 4.78 is 0. The van der Waals surface area contributed by atoms with Crippen LogP contribution in [0.4, 0.5) is 0 Å². The predicted octanol–water partition coefficient (Wildman–Crippen LogP) is 2.15. The van der Waals surface area contributed by atoms with Crippen LogP contribution in [0.15, 0.2) is 41.8 Å². The van der Waals surface area contributed by atoms with E-state index in [-0.39, 0.29) is 30.3 Å². The molecule has 2 N–H and O–H groups in total. The second-order valence-electron chi connectivity index (χ2n) is 5.57. The summed E-state index contributed by atoms with van der Waals surface area (Å²) in [7, 11) is 1.57. The predicted molar refractivity (Wildman–Crippen MR) is 95.5 cm³/mol. The van der Waals surface area contributed by atoms with E-state index in [4.69, 9.17) is 5.11 Å². The number of aryl methyl sites for hydroxylation is 1. The maximum atomic E-state index is 12.2. The van der Waals surface area contributed by atoms with E-state index in [0.717, 1.165) is 4.88 Å². The van der Waals surface area contributed by atoms with Crippen LogP contribution in [0.1, 0.15) is 27.2 Å². The van der Waals surface area contributed by atoms with E-state index in [9.17, 15) is 14.4 Å². The molecule has 0 bridgehead atoms.